The third kappa shape index (κ3) is 8.84. The molecule has 16 nitrogen and oxygen atoms in total. The van der Waals surface area contributed by atoms with Gasteiger partial charge in [-0.15, -0.1) is 0 Å². The lowest BCUT2D eigenvalue weighted by molar-refractivity contribution is -0.152. The Hall–Kier alpha value is -3.81. The van der Waals surface area contributed by atoms with E-state index in [0.29, 0.717) is 18.5 Å². The summed E-state index contributed by atoms with van der Waals surface area (Å²) in [5, 5.41) is 18.5. The molecule has 2 aliphatic heterocycles. The number of carboxylic acid groups (broad SMARTS) is 1. The lowest BCUT2D eigenvalue weighted by Gasteiger charge is -2.35. The van der Waals surface area contributed by atoms with Gasteiger partial charge in [0.05, 0.1) is 29.8 Å². The Kier molecular flexibility index (Phi) is 13.0. The smallest absolute Gasteiger partial charge is 0.326 e. The van der Waals surface area contributed by atoms with Crippen LogP contribution in [0.5, 0.6) is 0 Å². The van der Waals surface area contributed by atoms with Crippen LogP contribution in [0.2, 0.25) is 5.02 Å². The van der Waals surface area contributed by atoms with E-state index in [0.717, 1.165) is 41.6 Å². The largest absolute Gasteiger partial charge is 0.480 e. The predicted octanol–water partition coefficient (Wildman–Crippen LogP) is 2.74. The second-order valence-corrected chi connectivity index (χ2v) is 18.0. The first-order valence-corrected chi connectivity index (χ1v) is 21.2. The number of esters is 1. The number of ether oxygens (including phenoxy) is 1. The number of aliphatic carboxylic acids is 1. The highest BCUT2D eigenvalue weighted by Crippen LogP contribution is 2.40. The third-order valence-electron chi connectivity index (χ3n) is 10.4. The first kappa shape index (κ1) is 41.4. The van der Waals surface area contributed by atoms with Crippen molar-refractivity contribution in [1.82, 2.24) is 19.2 Å². The maximum atomic E-state index is 13.7. The summed E-state index contributed by atoms with van der Waals surface area (Å²) in [5.74, 6) is -2.23. The standard InChI is InChI=1S/C35H47ClN6O10S2/c1-5-52-35(47)25(38-20(2)33(44)42-27-9-7-6-8-22(27)16-28(42)34(45)46)15-12-21-10-13-23(14-11-21)39-32(43)19-31-40-26-17-24(36)29(53(48,49)37-3)18-30(26)54(50,51)41(31)4/h10-11,13-14,17-18,20,22,25,27-28,31,37-38,40H,5-9,12,15-16,19H2,1-4H3,(H,39,43)(H,45,46)/t20?,22-,25+,27-,28+,31+/m1/s1. The monoisotopic (exact) mass is 810 g/mol. The Morgan fingerprint density at radius 1 is 1.11 bits per heavy atom. The molecule has 1 unspecified atom stereocenters. The molecule has 0 radical (unpaired) electrons. The highest BCUT2D eigenvalue weighted by atomic mass is 35.5. The Balaban J connectivity index is 1.19. The predicted molar refractivity (Wildman–Crippen MR) is 200 cm³/mol. The molecule has 0 aromatic heterocycles. The van der Waals surface area contributed by atoms with Crippen LogP contribution >= 0.6 is 11.6 Å². The zero-order valence-electron chi connectivity index (χ0n) is 30.5. The van der Waals surface area contributed by atoms with E-state index in [1.807, 2.05) is 0 Å². The number of anilines is 2. The van der Waals surface area contributed by atoms with Crippen LogP contribution in [0.4, 0.5) is 11.4 Å². The molecule has 2 aromatic carbocycles. The second-order valence-electron chi connectivity index (χ2n) is 13.8. The number of rotatable bonds is 14. The first-order chi connectivity index (χ1) is 25.5. The van der Waals surface area contributed by atoms with Gasteiger partial charge in [-0.2, -0.15) is 4.31 Å². The minimum absolute atomic E-state index is 0.0584. The fraction of sp³-hybridized carbons (Fsp3) is 0.543. The van der Waals surface area contributed by atoms with Gasteiger partial charge >= 0.3 is 11.9 Å². The van der Waals surface area contributed by atoms with Gasteiger partial charge < -0.3 is 25.4 Å². The Morgan fingerprint density at radius 2 is 1.80 bits per heavy atom. The maximum absolute atomic E-state index is 13.7. The SMILES string of the molecule is CCOC(=O)[C@H](CCc1ccc(NC(=O)C[C@H]2Nc3cc(Cl)c(S(=O)(=O)NC)cc3S(=O)(=O)N2C)cc1)NC(C)C(=O)N1[C@@H]2CCCC[C@@H]2C[C@H]1C(=O)O. The molecule has 2 amide bonds. The summed E-state index contributed by atoms with van der Waals surface area (Å²) in [7, 11) is -5.78. The number of nitrogens with one attached hydrogen (secondary N) is 4. The van der Waals surface area contributed by atoms with Gasteiger partial charge in [-0.25, -0.2) is 26.4 Å². The number of fused-ring (bicyclic) bond motifs is 2. The second kappa shape index (κ2) is 16.9. The molecule has 2 heterocycles. The summed E-state index contributed by atoms with van der Waals surface area (Å²) in [6.07, 6.45) is 3.44. The molecule has 54 heavy (non-hydrogen) atoms. The van der Waals surface area contributed by atoms with E-state index < -0.39 is 67.1 Å². The number of carbonyl (C=O) groups is 4. The lowest BCUT2D eigenvalue weighted by Crippen LogP contribution is -2.55. The molecule has 0 spiro atoms. The summed E-state index contributed by atoms with van der Waals surface area (Å²) in [4.78, 5) is 52.6. The van der Waals surface area contributed by atoms with E-state index in [-0.39, 0.29) is 52.9 Å². The molecule has 0 bridgehead atoms. The minimum atomic E-state index is -4.20. The maximum Gasteiger partial charge on any atom is 0.326 e. The number of aryl methyl sites for hydroxylation is 1. The third-order valence-corrected chi connectivity index (χ3v) is 14.2. The minimum Gasteiger partial charge on any atom is -0.480 e. The molecule has 3 aliphatic rings. The molecule has 2 fully saturated rings. The van der Waals surface area contributed by atoms with E-state index in [9.17, 15) is 41.1 Å². The van der Waals surface area contributed by atoms with Crippen LogP contribution in [0.1, 0.15) is 64.4 Å². The van der Waals surface area contributed by atoms with Crippen molar-refractivity contribution in [1.29, 1.82) is 0 Å². The van der Waals surface area contributed by atoms with Crippen LogP contribution in [-0.2, 0) is 50.4 Å². The Morgan fingerprint density at radius 3 is 2.44 bits per heavy atom. The number of amides is 2. The quantitative estimate of drug-likeness (QED) is 0.174. The fourth-order valence-corrected chi connectivity index (χ4v) is 10.3. The van der Waals surface area contributed by atoms with E-state index in [2.05, 4.69) is 20.7 Å². The summed E-state index contributed by atoms with van der Waals surface area (Å²) in [5.41, 5.74) is 1.32. The van der Waals surface area contributed by atoms with Crippen LogP contribution in [0.3, 0.4) is 0 Å². The molecular weight excluding hydrogens is 764 g/mol. The average molecular weight is 811 g/mol. The van der Waals surface area contributed by atoms with Gasteiger partial charge in [0.1, 0.15) is 28.0 Å². The van der Waals surface area contributed by atoms with E-state index in [4.69, 9.17) is 16.3 Å². The number of sulfonamides is 2. The number of likely N-dealkylation sites (tertiary alicyclic amines) is 1. The molecule has 2 aromatic rings. The van der Waals surface area contributed by atoms with E-state index >= 15 is 0 Å². The Bertz CT molecular complexity index is 1980. The van der Waals surface area contributed by atoms with Crippen molar-refractivity contribution in [3.63, 3.8) is 0 Å². The van der Waals surface area contributed by atoms with Gasteiger partial charge in [0.15, 0.2) is 0 Å². The van der Waals surface area contributed by atoms with Crippen molar-refractivity contribution in [3.8, 4) is 0 Å². The number of carboxylic acids is 1. The number of halogens is 1. The molecular formula is C35H47ClN6O10S2. The fourth-order valence-electron chi connectivity index (χ4n) is 7.51. The summed E-state index contributed by atoms with van der Waals surface area (Å²) in [6.45, 7) is 3.47. The van der Waals surface area contributed by atoms with Crippen LogP contribution in [0.15, 0.2) is 46.2 Å². The first-order valence-electron chi connectivity index (χ1n) is 17.9. The number of benzene rings is 2. The van der Waals surface area contributed by atoms with Gasteiger partial charge in [0.2, 0.25) is 31.9 Å². The normalized spacial score (nSPS) is 23.3. The van der Waals surface area contributed by atoms with Gasteiger partial charge in [0, 0.05) is 18.8 Å². The molecule has 1 aliphatic carbocycles. The molecule has 1 saturated heterocycles. The van der Waals surface area contributed by atoms with Crippen LogP contribution in [0.25, 0.3) is 0 Å². The molecule has 296 valence electrons. The number of nitrogens with zero attached hydrogens (tertiary/aromatic N) is 2. The van der Waals surface area contributed by atoms with Crippen molar-refractivity contribution in [2.24, 2.45) is 5.92 Å². The highest BCUT2D eigenvalue weighted by molar-refractivity contribution is 7.90. The number of hydrogen-bond donors (Lipinski definition) is 5. The van der Waals surface area contributed by atoms with Crippen LogP contribution < -0.4 is 20.7 Å². The zero-order chi connectivity index (χ0) is 39.5. The topological polar surface area (TPSA) is 221 Å². The van der Waals surface area contributed by atoms with Gasteiger partial charge in [-0.3, -0.25) is 19.7 Å². The molecule has 6 atom stereocenters. The number of hydrogen-bond acceptors (Lipinski definition) is 11. The van der Waals surface area contributed by atoms with Gasteiger partial charge in [-0.1, -0.05) is 36.6 Å². The molecule has 5 rings (SSSR count). The summed E-state index contributed by atoms with van der Waals surface area (Å²) >= 11 is 6.18. The van der Waals surface area contributed by atoms with Crippen molar-refractivity contribution in [2.75, 3.05) is 31.3 Å². The van der Waals surface area contributed by atoms with Crippen LogP contribution in [0, 0.1) is 5.92 Å². The molecule has 1 saturated carbocycles. The van der Waals surface area contributed by atoms with Crippen molar-refractivity contribution in [2.45, 2.75) is 105 Å². The molecule has 5 N–H and O–H groups in total. The summed E-state index contributed by atoms with van der Waals surface area (Å²) in [6, 6.07) is 6.35. The zero-order valence-corrected chi connectivity index (χ0v) is 32.9. The van der Waals surface area contributed by atoms with E-state index in [1.54, 1.807) is 38.1 Å². The average Bonchev–Trinajstić information content (AvgIpc) is 3.52. The van der Waals surface area contributed by atoms with Gasteiger partial charge in [-0.05, 0) is 88.7 Å². The number of carbonyl (C=O) groups excluding carboxylic acids is 3. The molecule has 19 heteroatoms. The van der Waals surface area contributed by atoms with Crippen molar-refractivity contribution in [3.05, 3.63) is 47.0 Å². The van der Waals surface area contributed by atoms with Crippen molar-refractivity contribution >= 4 is 66.8 Å². The van der Waals surface area contributed by atoms with Crippen LogP contribution in [-0.4, -0.2) is 106 Å². The van der Waals surface area contributed by atoms with Gasteiger partial charge in [0.25, 0.3) is 0 Å². The van der Waals surface area contributed by atoms with Crippen molar-refractivity contribution < 1.29 is 45.9 Å². The highest BCUT2D eigenvalue weighted by Gasteiger charge is 2.48. The van der Waals surface area contributed by atoms with E-state index in [1.165, 1.54) is 25.1 Å². The lowest BCUT2D eigenvalue weighted by atomic mass is 9.84. The summed E-state index contributed by atoms with van der Waals surface area (Å²) < 4.78 is 59.7. The Labute approximate surface area is 320 Å².